The molecule has 0 spiro atoms. The molecule has 0 radical (unpaired) electrons. The fourth-order valence-electron chi connectivity index (χ4n) is 2.63. The van der Waals surface area contributed by atoms with Crippen LogP contribution in [0.2, 0.25) is 0 Å². The monoisotopic (exact) mass is 328 g/mol. The molecule has 0 aromatic carbocycles. The Morgan fingerprint density at radius 3 is 2.86 bits per heavy atom. The van der Waals surface area contributed by atoms with Gasteiger partial charge in [0.15, 0.2) is 0 Å². The van der Waals surface area contributed by atoms with Gasteiger partial charge < -0.3 is 10.1 Å². The lowest BCUT2D eigenvalue weighted by atomic mass is 9.94. The maximum atomic E-state index is 11.6. The van der Waals surface area contributed by atoms with E-state index in [0.29, 0.717) is 32.2 Å². The van der Waals surface area contributed by atoms with Gasteiger partial charge in [0.2, 0.25) is 10.0 Å². The van der Waals surface area contributed by atoms with Crippen LogP contribution in [0.1, 0.15) is 18.5 Å². The molecule has 0 saturated carbocycles. The van der Waals surface area contributed by atoms with Gasteiger partial charge in [0.05, 0.1) is 18.6 Å². The van der Waals surface area contributed by atoms with Gasteiger partial charge >= 0.3 is 0 Å². The van der Waals surface area contributed by atoms with Crippen LogP contribution in [0.15, 0.2) is 12.1 Å². The predicted molar refractivity (Wildman–Crippen MR) is 85.2 cm³/mol. The number of methoxy groups -OCH3 is 1. The molecule has 1 saturated heterocycles. The van der Waals surface area contributed by atoms with Crippen LogP contribution in [0, 0.1) is 5.92 Å². The molecule has 0 aliphatic carbocycles. The van der Waals surface area contributed by atoms with Gasteiger partial charge in [0.25, 0.3) is 0 Å². The number of anilines is 1. The zero-order chi connectivity index (χ0) is 16.0. The van der Waals surface area contributed by atoms with Crippen LogP contribution in [0.5, 0.6) is 0 Å². The quantitative estimate of drug-likeness (QED) is 0.744. The van der Waals surface area contributed by atoms with Crippen molar-refractivity contribution in [3.05, 3.63) is 17.8 Å². The van der Waals surface area contributed by atoms with Crippen molar-refractivity contribution in [3.8, 4) is 0 Å². The van der Waals surface area contributed by atoms with E-state index >= 15 is 0 Å². The maximum Gasteiger partial charge on any atom is 0.211 e. The number of nitrogens with one attached hydrogen (secondary N) is 1. The fraction of sp³-hybridized carbons (Fsp3) is 0.714. The number of sulfonamides is 1. The van der Waals surface area contributed by atoms with E-state index in [1.54, 1.807) is 11.4 Å². The Labute approximate surface area is 132 Å². The molecule has 22 heavy (non-hydrogen) atoms. The molecule has 0 bridgehead atoms. The van der Waals surface area contributed by atoms with E-state index in [4.69, 9.17) is 4.74 Å². The summed E-state index contributed by atoms with van der Waals surface area (Å²) in [6.45, 7) is 2.51. The number of nitrogens with zero attached hydrogens (tertiary/aromatic N) is 3. The first-order valence-electron chi connectivity index (χ1n) is 7.49. The molecule has 1 fully saturated rings. The van der Waals surface area contributed by atoms with Crippen LogP contribution >= 0.6 is 0 Å². The topological polar surface area (TPSA) is 84.4 Å². The molecular weight excluding hydrogens is 304 g/mol. The number of piperidine rings is 1. The zero-order valence-corrected chi connectivity index (χ0v) is 14.0. The largest absolute Gasteiger partial charge is 0.383 e. The fourth-order valence-corrected chi connectivity index (χ4v) is 3.58. The van der Waals surface area contributed by atoms with Crippen molar-refractivity contribution >= 4 is 15.8 Å². The van der Waals surface area contributed by atoms with Gasteiger partial charge in [-0.05, 0) is 37.3 Å². The first-order valence-corrected chi connectivity index (χ1v) is 9.34. The second kappa shape index (κ2) is 7.85. The second-order valence-electron chi connectivity index (χ2n) is 5.66. The third-order valence-corrected chi connectivity index (χ3v) is 5.05. The minimum Gasteiger partial charge on any atom is -0.383 e. The normalized spacial score (nSPS) is 20.0. The SMILES string of the molecule is COCCNc1ccc(C[C@H]2CCCN(S(C)(=O)=O)C2)nn1. The Kier molecular flexibility index (Phi) is 6.10. The highest BCUT2D eigenvalue weighted by molar-refractivity contribution is 7.88. The maximum absolute atomic E-state index is 11.6. The van der Waals surface area contributed by atoms with E-state index in [1.165, 1.54) is 6.26 Å². The van der Waals surface area contributed by atoms with Crippen molar-refractivity contribution < 1.29 is 13.2 Å². The summed E-state index contributed by atoms with van der Waals surface area (Å²) in [6, 6.07) is 3.84. The van der Waals surface area contributed by atoms with Gasteiger partial charge in [-0.1, -0.05) is 0 Å². The van der Waals surface area contributed by atoms with Crippen molar-refractivity contribution in [2.45, 2.75) is 19.3 Å². The lowest BCUT2D eigenvalue weighted by Gasteiger charge is -2.30. The highest BCUT2D eigenvalue weighted by atomic mass is 32.2. The molecule has 8 heteroatoms. The van der Waals surface area contributed by atoms with E-state index in [2.05, 4.69) is 15.5 Å². The Morgan fingerprint density at radius 2 is 2.23 bits per heavy atom. The third-order valence-electron chi connectivity index (χ3n) is 3.78. The van der Waals surface area contributed by atoms with E-state index in [0.717, 1.165) is 30.8 Å². The smallest absolute Gasteiger partial charge is 0.211 e. The molecule has 124 valence electrons. The minimum absolute atomic E-state index is 0.310. The third kappa shape index (κ3) is 5.19. The van der Waals surface area contributed by atoms with Gasteiger partial charge in [-0.3, -0.25) is 0 Å². The molecule has 7 nitrogen and oxygen atoms in total. The molecule has 2 heterocycles. The van der Waals surface area contributed by atoms with E-state index in [1.807, 2.05) is 12.1 Å². The number of hydrogen-bond donors (Lipinski definition) is 1. The molecule has 1 atom stereocenters. The van der Waals surface area contributed by atoms with Crippen molar-refractivity contribution in [2.24, 2.45) is 5.92 Å². The number of hydrogen-bond acceptors (Lipinski definition) is 6. The lowest BCUT2D eigenvalue weighted by molar-refractivity contribution is 0.210. The minimum atomic E-state index is -3.10. The summed E-state index contributed by atoms with van der Waals surface area (Å²) in [5.41, 5.74) is 0.901. The molecule has 1 N–H and O–H groups in total. The highest BCUT2D eigenvalue weighted by Gasteiger charge is 2.26. The van der Waals surface area contributed by atoms with Gasteiger partial charge in [0.1, 0.15) is 5.82 Å². The number of rotatable bonds is 7. The summed E-state index contributed by atoms with van der Waals surface area (Å²) in [5, 5.41) is 11.5. The standard InChI is InChI=1S/C14H24N4O3S/c1-21-9-7-15-14-6-5-13(16-17-14)10-12-4-3-8-18(11-12)22(2,19)20/h5-6,12H,3-4,7-11H2,1-2H3,(H,15,17)/t12-/m1/s1. The Hall–Kier alpha value is -1.25. The first kappa shape index (κ1) is 17.1. The Bertz CT molecular complexity index is 562. The van der Waals surface area contributed by atoms with Crippen LogP contribution in [0.3, 0.4) is 0 Å². The average molecular weight is 328 g/mol. The second-order valence-corrected chi connectivity index (χ2v) is 7.65. The molecule has 1 aromatic heterocycles. The highest BCUT2D eigenvalue weighted by Crippen LogP contribution is 2.21. The van der Waals surface area contributed by atoms with Gasteiger partial charge in [0, 0.05) is 26.7 Å². The van der Waals surface area contributed by atoms with Crippen molar-refractivity contribution in [1.29, 1.82) is 0 Å². The number of ether oxygens (including phenoxy) is 1. The Balaban J connectivity index is 1.87. The molecular formula is C14H24N4O3S. The summed E-state index contributed by atoms with van der Waals surface area (Å²) in [6.07, 6.45) is 3.97. The van der Waals surface area contributed by atoms with Crippen LogP contribution in [-0.2, 0) is 21.2 Å². The van der Waals surface area contributed by atoms with Crippen molar-refractivity contribution in [1.82, 2.24) is 14.5 Å². The lowest BCUT2D eigenvalue weighted by Crippen LogP contribution is -2.39. The average Bonchev–Trinajstić information content (AvgIpc) is 2.49. The van der Waals surface area contributed by atoms with E-state index < -0.39 is 10.0 Å². The van der Waals surface area contributed by atoms with Crippen LogP contribution < -0.4 is 5.32 Å². The molecule has 0 unspecified atom stereocenters. The van der Waals surface area contributed by atoms with E-state index in [-0.39, 0.29) is 0 Å². The first-order chi connectivity index (χ1) is 10.5. The van der Waals surface area contributed by atoms with Gasteiger partial charge in [-0.25, -0.2) is 12.7 Å². The van der Waals surface area contributed by atoms with Crippen molar-refractivity contribution in [3.63, 3.8) is 0 Å². The number of aromatic nitrogens is 2. The van der Waals surface area contributed by atoms with Gasteiger partial charge in [-0.2, -0.15) is 5.10 Å². The zero-order valence-electron chi connectivity index (χ0n) is 13.2. The summed E-state index contributed by atoms with van der Waals surface area (Å²) >= 11 is 0. The molecule has 1 aliphatic heterocycles. The predicted octanol–water partition coefficient (Wildman–Crippen LogP) is 0.749. The molecule has 1 aliphatic rings. The van der Waals surface area contributed by atoms with Crippen LogP contribution in [-0.4, -0.2) is 62.5 Å². The van der Waals surface area contributed by atoms with E-state index in [9.17, 15) is 8.42 Å². The summed E-state index contributed by atoms with van der Waals surface area (Å²) < 4.78 is 29.8. The Morgan fingerprint density at radius 1 is 1.41 bits per heavy atom. The molecule has 0 amide bonds. The summed E-state index contributed by atoms with van der Waals surface area (Å²) in [4.78, 5) is 0. The summed E-state index contributed by atoms with van der Waals surface area (Å²) in [5.74, 6) is 1.03. The van der Waals surface area contributed by atoms with Gasteiger partial charge in [-0.15, -0.1) is 5.10 Å². The molecule has 1 aromatic rings. The summed E-state index contributed by atoms with van der Waals surface area (Å²) in [7, 11) is -1.44. The van der Waals surface area contributed by atoms with Crippen molar-refractivity contribution in [2.75, 3.05) is 44.9 Å². The van der Waals surface area contributed by atoms with Crippen LogP contribution in [0.25, 0.3) is 0 Å². The molecule has 2 rings (SSSR count). The van der Waals surface area contributed by atoms with Crippen LogP contribution in [0.4, 0.5) is 5.82 Å².